The van der Waals surface area contributed by atoms with E-state index in [9.17, 15) is 4.79 Å². The molecular formula is C20H20ClN3OS. The summed E-state index contributed by atoms with van der Waals surface area (Å²) in [5, 5.41) is 4.03. The molecule has 0 spiro atoms. The van der Waals surface area contributed by atoms with E-state index in [2.05, 4.69) is 41.2 Å². The van der Waals surface area contributed by atoms with Crippen molar-refractivity contribution in [2.75, 3.05) is 18.0 Å². The minimum Gasteiger partial charge on any atom is -0.372 e. The fourth-order valence-electron chi connectivity index (χ4n) is 2.63. The number of nitrogens with zero attached hydrogens (tertiary/aromatic N) is 2. The SMILES string of the molecule is CCN(CC)c1ccc(C=C2SC(=Nc3ccc(Cl)cc3)NC2=O)cc1. The molecule has 3 rings (SSSR count). The number of amidine groups is 1. The van der Waals surface area contributed by atoms with E-state index in [4.69, 9.17) is 11.6 Å². The van der Waals surface area contributed by atoms with E-state index in [1.165, 1.54) is 17.4 Å². The van der Waals surface area contributed by atoms with Crippen LogP contribution in [-0.4, -0.2) is 24.2 Å². The quantitative estimate of drug-likeness (QED) is 0.730. The lowest BCUT2D eigenvalue weighted by Gasteiger charge is -2.20. The molecule has 0 saturated carbocycles. The molecule has 0 bridgehead atoms. The third kappa shape index (κ3) is 4.48. The van der Waals surface area contributed by atoms with Crippen molar-refractivity contribution in [3.05, 3.63) is 64.0 Å². The molecule has 1 saturated heterocycles. The summed E-state index contributed by atoms with van der Waals surface area (Å²) in [5.41, 5.74) is 2.93. The van der Waals surface area contributed by atoms with Gasteiger partial charge in [-0.1, -0.05) is 23.7 Å². The summed E-state index contributed by atoms with van der Waals surface area (Å²) in [4.78, 5) is 19.5. The van der Waals surface area contributed by atoms with Crippen LogP contribution < -0.4 is 10.2 Å². The molecule has 6 heteroatoms. The first-order valence-corrected chi connectivity index (χ1v) is 9.68. The van der Waals surface area contributed by atoms with Gasteiger partial charge >= 0.3 is 0 Å². The fraction of sp³-hybridized carbons (Fsp3) is 0.200. The molecule has 0 radical (unpaired) electrons. The molecule has 0 unspecified atom stereocenters. The van der Waals surface area contributed by atoms with E-state index in [-0.39, 0.29) is 5.91 Å². The fourth-order valence-corrected chi connectivity index (χ4v) is 3.60. The van der Waals surface area contributed by atoms with E-state index in [0.29, 0.717) is 15.1 Å². The summed E-state index contributed by atoms with van der Waals surface area (Å²) in [6.07, 6.45) is 1.89. The predicted molar refractivity (Wildman–Crippen MR) is 112 cm³/mol. The van der Waals surface area contributed by atoms with Crippen LogP contribution in [0, 0.1) is 0 Å². The number of carbonyl (C=O) groups excluding carboxylic acids is 1. The van der Waals surface area contributed by atoms with Crippen LogP contribution in [0.2, 0.25) is 5.02 Å². The molecule has 134 valence electrons. The van der Waals surface area contributed by atoms with Crippen molar-refractivity contribution >= 4 is 51.9 Å². The average molecular weight is 386 g/mol. The zero-order valence-electron chi connectivity index (χ0n) is 14.7. The smallest absolute Gasteiger partial charge is 0.264 e. The van der Waals surface area contributed by atoms with Gasteiger partial charge in [-0.2, -0.15) is 0 Å². The van der Waals surface area contributed by atoms with Crippen LogP contribution in [-0.2, 0) is 4.79 Å². The highest BCUT2D eigenvalue weighted by molar-refractivity contribution is 8.18. The van der Waals surface area contributed by atoms with E-state index in [1.54, 1.807) is 12.1 Å². The second kappa shape index (κ2) is 8.43. The van der Waals surface area contributed by atoms with Crippen molar-refractivity contribution in [1.29, 1.82) is 0 Å². The van der Waals surface area contributed by atoms with Gasteiger partial charge in [-0.05, 0) is 73.6 Å². The zero-order chi connectivity index (χ0) is 18.5. The molecule has 4 nitrogen and oxygen atoms in total. The minimum absolute atomic E-state index is 0.129. The number of benzene rings is 2. The topological polar surface area (TPSA) is 44.7 Å². The monoisotopic (exact) mass is 385 g/mol. The molecular weight excluding hydrogens is 366 g/mol. The Hall–Kier alpha value is -2.24. The Balaban J connectivity index is 1.75. The van der Waals surface area contributed by atoms with Gasteiger partial charge in [0.05, 0.1) is 10.6 Å². The summed E-state index contributed by atoms with van der Waals surface area (Å²) >= 11 is 7.22. The molecule has 1 heterocycles. The Kier molecular flexibility index (Phi) is 6.01. The van der Waals surface area contributed by atoms with E-state index >= 15 is 0 Å². The Bertz CT molecular complexity index is 840. The van der Waals surface area contributed by atoms with E-state index in [1.807, 2.05) is 30.3 Å². The van der Waals surface area contributed by atoms with Crippen LogP contribution in [0.4, 0.5) is 11.4 Å². The first-order valence-electron chi connectivity index (χ1n) is 8.49. The van der Waals surface area contributed by atoms with Crippen LogP contribution >= 0.6 is 23.4 Å². The number of anilines is 1. The first kappa shape index (κ1) is 18.5. The number of rotatable bonds is 5. The number of amides is 1. The third-order valence-electron chi connectivity index (χ3n) is 4.03. The summed E-state index contributed by atoms with van der Waals surface area (Å²) in [6, 6.07) is 15.4. The van der Waals surface area contributed by atoms with Crippen LogP contribution in [0.5, 0.6) is 0 Å². The minimum atomic E-state index is -0.129. The average Bonchev–Trinajstić information content (AvgIpc) is 2.98. The number of thioether (sulfide) groups is 1. The third-order valence-corrected chi connectivity index (χ3v) is 5.19. The number of nitrogens with one attached hydrogen (secondary N) is 1. The van der Waals surface area contributed by atoms with Crippen molar-refractivity contribution in [3.63, 3.8) is 0 Å². The summed E-state index contributed by atoms with van der Waals surface area (Å²) in [5.74, 6) is -0.129. The van der Waals surface area contributed by atoms with Crippen LogP contribution in [0.25, 0.3) is 6.08 Å². The molecule has 26 heavy (non-hydrogen) atoms. The lowest BCUT2D eigenvalue weighted by molar-refractivity contribution is -0.115. The number of aliphatic imine (C=N–C) groups is 1. The Morgan fingerprint density at radius 1 is 1.08 bits per heavy atom. The normalized spacial score (nSPS) is 17.0. The van der Waals surface area contributed by atoms with Gasteiger partial charge in [0.25, 0.3) is 5.91 Å². The molecule has 1 fully saturated rings. The maximum Gasteiger partial charge on any atom is 0.264 e. The lowest BCUT2D eigenvalue weighted by Crippen LogP contribution is -2.21. The molecule has 1 aliphatic heterocycles. The van der Waals surface area contributed by atoms with Crippen molar-refractivity contribution < 1.29 is 4.79 Å². The van der Waals surface area contributed by atoms with Gasteiger partial charge in [-0.25, -0.2) is 4.99 Å². The van der Waals surface area contributed by atoms with Gasteiger partial charge in [0, 0.05) is 23.8 Å². The zero-order valence-corrected chi connectivity index (χ0v) is 16.3. The highest BCUT2D eigenvalue weighted by Gasteiger charge is 2.23. The summed E-state index contributed by atoms with van der Waals surface area (Å²) in [7, 11) is 0. The lowest BCUT2D eigenvalue weighted by atomic mass is 10.2. The second-order valence-corrected chi connectivity index (χ2v) is 7.19. The van der Waals surface area contributed by atoms with Crippen LogP contribution in [0.3, 0.4) is 0 Å². The number of hydrogen-bond donors (Lipinski definition) is 1. The molecule has 1 N–H and O–H groups in total. The summed E-state index contributed by atoms with van der Waals surface area (Å²) < 4.78 is 0. The molecule has 1 aliphatic rings. The second-order valence-electron chi connectivity index (χ2n) is 5.72. The predicted octanol–water partition coefficient (Wildman–Crippen LogP) is 5.08. The van der Waals surface area contributed by atoms with Gasteiger partial charge in [0.2, 0.25) is 0 Å². The number of carbonyl (C=O) groups is 1. The van der Waals surface area contributed by atoms with Gasteiger partial charge in [0.15, 0.2) is 5.17 Å². The van der Waals surface area contributed by atoms with E-state index in [0.717, 1.165) is 24.3 Å². The van der Waals surface area contributed by atoms with Crippen molar-refractivity contribution in [3.8, 4) is 0 Å². The highest BCUT2D eigenvalue weighted by atomic mass is 35.5. The number of hydrogen-bond acceptors (Lipinski definition) is 4. The number of halogens is 1. The maximum atomic E-state index is 12.2. The Labute approximate surface area is 163 Å². The van der Waals surface area contributed by atoms with Gasteiger partial charge < -0.3 is 10.2 Å². The largest absolute Gasteiger partial charge is 0.372 e. The van der Waals surface area contributed by atoms with Crippen molar-refractivity contribution in [2.24, 2.45) is 4.99 Å². The van der Waals surface area contributed by atoms with Gasteiger partial charge in [-0.3, -0.25) is 4.79 Å². The molecule has 0 atom stereocenters. The van der Waals surface area contributed by atoms with E-state index < -0.39 is 0 Å². The Morgan fingerprint density at radius 3 is 2.35 bits per heavy atom. The summed E-state index contributed by atoms with van der Waals surface area (Å²) in [6.45, 7) is 6.22. The first-order chi connectivity index (χ1) is 12.6. The standard InChI is InChI=1S/C20H20ClN3OS/c1-3-24(4-2)17-11-5-14(6-12-17)13-18-19(25)23-20(26-18)22-16-9-7-15(21)8-10-16/h5-13H,3-4H2,1-2H3,(H,22,23,25). The molecule has 1 amide bonds. The van der Waals surface area contributed by atoms with Crippen LogP contribution in [0.1, 0.15) is 19.4 Å². The molecule has 0 aromatic heterocycles. The van der Waals surface area contributed by atoms with Gasteiger partial charge in [-0.15, -0.1) is 0 Å². The molecule has 2 aromatic rings. The molecule has 2 aromatic carbocycles. The highest BCUT2D eigenvalue weighted by Crippen LogP contribution is 2.29. The van der Waals surface area contributed by atoms with Crippen molar-refractivity contribution in [1.82, 2.24) is 5.32 Å². The van der Waals surface area contributed by atoms with Crippen molar-refractivity contribution in [2.45, 2.75) is 13.8 Å². The van der Waals surface area contributed by atoms with Gasteiger partial charge in [0.1, 0.15) is 0 Å². The maximum absolute atomic E-state index is 12.2. The Morgan fingerprint density at radius 2 is 1.73 bits per heavy atom. The van der Waals surface area contributed by atoms with Crippen LogP contribution in [0.15, 0.2) is 58.4 Å². The molecule has 0 aliphatic carbocycles.